The van der Waals surface area contributed by atoms with Crippen LogP contribution < -0.4 is 0 Å². The highest BCUT2D eigenvalue weighted by molar-refractivity contribution is 7.89. The van der Waals surface area contributed by atoms with Gasteiger partial charge in [0.1, 0.15) is 12.7 Å². The highest BCUT2D eigenvalue weighted by Gasteiger charge is 2.34. The molecule has 2 aromatic carbocycles. The van der Waals surface area contributed by atoms with Crippen LogP contribution in [0.15, 0.2) is 60.0 Å². The van der Waals surface area contributed by atoms with Crippen LogP contribution in [-0.2, 0) is 14.8 Å². The molecule has 1 aromatic heterocycles. The van der Waals surface area contributed by atoms with Gasteiger partial charge in [0.05, 0.1) is 16.6 Å². The molecule has 0 saturated carbocycles. The van der Waals surface area contributed by atoms with Gasteiger partial charge >= 0.3 is 0 Å². The van der Waals surface area contributed by atoms with Crippen molar-refractivity contribution >= 4 is 15.9 Å². The van der Waals surface area contributed by atoms with E-state index in [0.717, 1.165) is 23.4 Å². The molecule has 1 atom stereocenters. The van der Waals surface area contributed by atoms with E-state index in [2.05, 4.69) is 10.1 Å². The molecular formula is C23H25F2N5O3S. The first-order chi connectivity index (χ1) is 16.2. The van der Waals surface area contributed by atoms with Gasteiger partial charge in [-0.1, -0.05) is 12.1 Å². The van der Waals surface area contributed by atoms with Gasteiger partial charge in [-0.3, -0.25) is 4.79 Å². The normalized spacial score (nSPS) is 16.4. The summed E-state index contributed by atoms with van der Waals surface area (Å²) in [6, 6.07) is 10.0. The molecule has 0 radical (unpaired) electrons. The third-order valence-corrected chi connectivity index (χ3v) is 8.21. The number of hydrogen-bond donors (Lipinski definition) is 0. The minimum absolute atomic E-state index is 0.0577. The molecule has 1 unspecified atom stereocenters. The molecule has 0 bridgehead atoms. The van der Waals surface area contributed by atoms with Crippen LogP contribution in [0, 0.1) is 17.6 Å². The molecule has 0 aliphatic carbocycles. The van der Waals surface area contributed by atoms with Crippen LogP contribution in [-0.4, -0.2) is 58.4 Å². The van der Waals surface area contributed by atoms with Crippen molar-refractivity contribution in [2.75, 3.05) is 20.1 Å². The topological polar surface area (TPSA) is 88.4 Å². The number of nitrogens with zero attached hydrogens (tertiary/aromatic N) is 5. The summed E-state index contributed by atoms with van der Waals surface area (Å²) in [5.74, 6) is -2.69. The third kappa shape index (κ3) is 4.71. The first-order valence-electron chi connectivity index (χ1n) is 10.9. The van der Waals surface area contributed by atoms with Gasteiger partial charge in [0.15, 0.2) is 11.6 Å². The van der Waals surface area contributed by atoms with Gasteiger partial charge in [-0.15, -0.1) is 0 Å². The fourth-order valence-electron chi connectivity index (χ4n) is 4.08. The van der Waals surface area contributed by atoms with Crippen LogP contribution in [0.3, 0.4) is 0 Å². The standard InChI is InChI=1S/C23H25F2N5O3S/c1-16(17-3-5-19(6-4-17)30-15-26-14-27-30)28(2)23(31)18-9-11-29(12-10-18)34(32,33)20-7-8-21(24)22(25)13-20/h3-8,13-16,18H,9-12H2,1-2H3. The molecule has 3 aromatic rings. The first kappa shape index (κ1) is 24.0. The predicted molar refractivity (Wildman–Crippen MR) is 120 cm³/mol. The Bertz CT molecular complexity index is 1260. The summed E-state index contributed by atoms with van der Waals surface area (Å²) in [6.07, 6.45) is 3.76. The Morgan fingerprint density at radius 2 is 1.76 bits per heavy atom. The maximum absolute atomic E-state index is 13.5. The lowest BCUT2D eigenvalue weighted by Crippen LogP contribution is -2.44. The molecule has 11 heteroatoms. The van der Waals surface area contributed by atoms with Gasteiger partial charge in [-0.25, -0.2) is 26.9 Å². The molecule has 0 spiro atoms. The molecular weight excluding hydrogens is 464 g/mol. The minimum atomic E-state index is -3.96. The number of rotatable bonds is 6. The zero-order valence-corrected chi connectivity index (χ0v) is 19.6. The molecule has 1 fully saturated rings. The number of sulfonamides is 1. The second-order valence-corrected chi connectivity index (χ2v) is 10.2. The number of hydrogen-bond acceptors (Lipinski definition) is 5. The van der Waals surface area contributed by atoms with Gasteiger partial charge < -0.3 is 4.90 Å². The minimum Gasteiger partial charge on any atom is -0.339 e. The van der Waals surface area contributed by atoms with Crippen LogP contribution in [0.25, 0.3) is 5.69 Å². The van der Waals surface area contributed by atoms with Gasteiger partial charge in [0.25, 0.3) is 0 Å². The van der Waals surface area contributed by atoms with E-state index >= 15 is 0 Å². The zero-order valence-electron chi connectivity index (χ0n) is 18.8. The number of amides is 1. The van der Waals surface area contributed by atoms with Crippen LogP contribution in [0.1, 0.15) is 31.4 Å². The number of benzene rings is 2. The maximum atomic E-state index is 13.5. The van der Waals surface area contributed by atoms with E-state index in [4.69, 9.17) is 0 Å². The zero-order chi connectivity index (χ0) is 24.5. The lowest BCUT2D eigenvalue weighted by atomic mass is 9.95. The van der Waals surface area contributed by atoms with E-state index in [9.17, 15) is 22.0 Å². The molecule has 180 valence electrons. The summed E-state index contributed by atoms with van der Waals surface area (Å²) in [6.45, 7) is 2.20. The summed E-state index contributed by atoms with van der Waals surface area (Å²) in [7, 11) is -2.22. The van der Waals surface area contributed by atoms with Crippen LogP contribution in [0.2, 0.25) is 0 Å². The quantitative estimate of drug-likeness (QED) is 0.531. The Kier molecular flexibility index (Phi) is 6.76. The van der Waals surface area contributed by atoms with Gasteiger partial charge in [-0.05, 0) is 55.7 Å². The van der Waals surface area contributed by atoms with Crippen molar-refractivity contribution in [1.82, 2.24) is 24.0 Å². The Morgan fingerprint density at radius 1 is 1.09 bits per heavy atom. The average Bonchev–Trinajstić information content (AvgIpc) is 3.39. The molecule has 34 heavy (non-hydrogen) atoms. The van der Waals surface area contributed by atoms with Gasteiger partial charge in [0.2, 0.25) is 15.9 Å². The van der Waals surface area contributed by atoms with E-state index in [1.54, 1.807) is 23.0 Å². The van der Waals surface area contributed by atoms with Crippen molar-refractivity contribution in [3.63, 3.8) is 0 Å². The monoisotopic (exact) mass is 489 g/mol. The van der Waals surface area contributed by atoms with E-state index in [1.165, 1.54) is 10.6 Å². The summed E-state index contributed by atoms with van der Waals surface area (Å²) in [4.78, 5) is 18.4. The molecule has 8 nitrogen and oxygen atoms in total. The molecule has 1 amide bonds. The average molecular weight is 490 g/mol. The number of piperidine rings is 1. The molecule has 1 saturated heterocycles. The van der Waals surface area contributed by atoms with Crippen molar-refractivity contribution in [3.8, 4) is 5.69 Å². The highest BCUT2D eigenvalue weighted by Crippen LogP contribution is 2.28. The fraction of sp³-hybridized carbons (Fsp3) is 0.348. The molecule has 4 rings (SSSR count). The summed E-state index contributed by atoms with van der Waals surface area (Å²) in [5.41, 5.74) is 1.81. The van der Waals surface area contributed by atoms with Gasteiger partial charge in [0, 0.05) is 26.1 Å². The van der Waals surface area contributed by atoms with E-state index in [1.807, 2.05) is 31.2 Å². The fourth-order valence-corrected chi connectivity index (χ4v) is 5.56. The number of carbonyl (C=O) groups is 1. The lowest BCUT2D eigenvalue weighted by molar-refractivity contribution is -0.137. The van der Waals surface area contributed by atoms with Crippen molar-refractivity contribution < 1.29 is 22.0 Å². The number of carbonyl (C=O) groups excluding carboxylic acids is 1. The van der Waals surface area contributed by atoms with Crippen LogP contribution >= 0.6 is 0 Å². The van der Waals surface area contributed by atoms with Crippen molar-refractivity contribution in [2.45, 2.75) is 30.7 Å². The lowest BCUT2D eigenvalue weighted by Gasteiger charge is -2.34. The first-order valence-corrected chi connectivity index (χ1v) is 12.3. The molecule has 1 aliphatic rings. The number of aromatic nitrogens is 3. The molecule has 2 heterocycles. The summed E-state index contributed by atoms with van der Waals surface area (Å²) >= 11 is 0. The van der Waals surface area contributed by atoms with E-state index in [0.29, 0.717) is 18.9 Å². The third-order valence-electron chi connectivity index (χ3n) is 6.32. The number of halogens is 2. The summed E-state index contributed by atoms with van der Waals surface area (Å²) < 4.78 is 55.2. The molecule has 0 N–H and O–H groups in total. The van der Waals surface area contributed by atoms with Gasteiger partial charge in [-0.2, -0.15) is 9.40 Å². The van der Waals surface area contributed by atoms with Crippen molar-refractivity contribution in [3.05, 3.63) is 72.3 Å². The van der Waals surface area contributed by atoms with Crippen LogP contribution in [0.4, 0.5) is 8.78 Å². The highest BCUT2D eigenvalue weighted by atomic mass is 32.2. The predicted octanol–water partition coefficient (Wildman–Crippen LogP) is 3.17. The second-order valence-electron chi connectivity index (χ2n) is 8.31. The van der Waals surface area contributed by atoms with E-state index in [-0.39, 0.29) is 35.9 Å². The Morgan fingerprint density at radius 3 is 2.35 bits per heavy atom. The molecule has 1 aliphatic heterocycles. The van der Waals surface area contributed by atoms with E-state index < -0.39 is 21.7 Å². The van der Waals surface area contributed by atoms with Crippen molar-refractivity contribution in [2.24, 2.45) is 5.92 Å². The Hall–Kier alpha value is -3.18. The maximum Gasteiger partial charge on any atom is 0.243 e. The smallest absolute Gasteiger partial charge is 0.243 e. The Labute approximate surface area is 196 Å². The second kappa shape index (κ2) is 9.59. The van der Waals surface area contributed by atoms with Crippen molar-refractivity contribution in [1.29, 1.82) is 0 Å². The largest absolute Gasteiger partial charge is 0.339 e. The summed E-state index contributed by atoms with van der Waals surface area (Å²) in [5, 5.41) is 4.10. The Balaban J connectivity index is 1.38. The SMILES string of the molecule is CC(c1ccc(-n2cncn2)cc1)N(C)C(=O)C1CCN(S(=O)(=O)c2ccc(F)c(F)c2)CC1. The van der Waals surface area contributed by atoms with Crippen LogP contribution in [0.5, 0.6) is 0 Å².